The van der Waals surface area contributed by atoms with Gasteiger partial charge in [0.05, 0.1) is 0 Å². The highest BCUT2D eigenvalue weighted by atomic mass is 16.2. The molecule has 1 aliphatic rings. The normalized spacial score (nSPS) is 20.0. The predicted octanol–water partition coefficient (Wildman–Crippen LogP) is -0.141. The number of para-hydroxylation sites is 1. The topological polar surface area (TPSA) is 94.6 Å². The molecule has 6 nitrogen and oxygen atoms in total. The SMILES string of the molecule is NC(=O)C1CN(c2ccccc2)C(=O)[N]C1=O. The molecule has 4 amide bonds. The van der Waals surface area contributed by atoms with E-state index in [0.29, 0.717) is 5.69 Å². The van der Waals surface area contributed by atoms with Gasteiger partial charge in [0.25, 0.3) is 5.91 Å². The first-order valence-electron chi connectivity index (χ1n) is 5.01. The summed E-state index contributed by atoms with van der Waals surface area (Å²) in [4.78, 5) is 35.2. The van der Waals surface area contributed by atoms with E-state index >= 15 is 0 Å². The van der Waals surface area contributed by atoms with Gasteiger partial charge >= 0.3 is 6.03 Å². The Labute approximate surface area is 97.4 Å². The van der Waals surface area contributed by atoms with Gasteiger partial charge in [-0.1, -0.05) is 18.2 Å². The number of imide groups is 1. The summed E-state index contributed by atoms with van der Waals surface area (Å²) in [7, 11) is 0. The van der Waals surface area contributed by atoms with Crippen molar-refractivity contribution in [3.8, 4) is 0 Å². The molecule has 1 radical (unpaired) electrons. The number of benzene rings is 1. The molecule has 6 heteroatoms. The number of hydrogen-bond donors (Lipinski definition) is 1. The van der Waals surface area contributed by atoms with E-state index in [0.717, 1.165) is 0 Å². The molecule has 0 bridgehead atoms. The molecule has 1 aromatic carbocycles. The number of amides is 4. The zero-order valence-electron chi connectivity index (χ0n) is 8.87. The standard InChI is InChI=1S/C11H10N3O3/c12-9(15)8-6-14(11(17)13-10(8)16)7-4-2-1-3-5-7/h1-5,8H,6H2,(H2,12,15). The molecule has 87 valence electrons. The van der Waals surface area contributed by atoms with Crippen molar-refractivity contribution < 1.29 is 14.4 Å². The van der Waals surface area contributed by atoms with E-state index in [1.165, 1.54) is 4.90 Å². The predicted molar refractivity (Wildman–Crippen MR) is 59.0 cm³/mol. The molecule has 1 heterocycles. The van der Waals surface area contributed by atoms with Gasteiger partial charge in [-0.3, -0.25) is 14.5 Å². The molecule has 0 aliphatic carbocycles. The van der Waals surface area contributed by atoms with Crippen molar-refractivity contribution in [1.82, 2.24) is 5.32 Å². The van der Waals surface area contributed by atoms with Crippen LogP contribution in [0.4, 0.5) is 10.5 Å². The Kier molecular flexibility index (Phi) is 2.78. The molecule has 2 N–H and O–H groups in total. The van der Waals surface area contributed by atoms with E-state index < -0.39 is 23.8 Å². The number of carbonyl (C=O) groups excluding carboxylic acids is 3. The number of hydrogen-bond acceptors (Lipinski definition) is 3. The average Bonchev–Trinajstić information content (AvgIpc) is 2.29. The lowest BCUT2D eigenvalue weighted by Crippen LogP contribution is -2.54. The van der Waals surface area contributed by atoms with Crippen molar-refractivity contribution in [2.45, 2.75) is 0 Å². The average molecular weight is 232 g/mol. The summed E-state index contributed by atoms with van der Waals surface area (Å²) >= 11 is 0. The Hall–Kier alpha value is -2.37. The van der Waals surface area contributed by atoms with Gasteiger partial charge < -0.3 is 5.73 Å². The van der Waals surface area contributed by atoms with Crippen LogP contribution in [0.3, 0.4) is 0 Å². The van der Waals surface area contributed by atoms with Crippen LogP contribution < -0.4 is 16.0 Å². The molecule has 2 rings (SSSR count). The van der Waals surface area contributed by atoms with E-state index in [1.54, 1.807) is 30.3 Å². The zero-order valence-corrected chi connectivity index (χ0v) is 8.87. The van der Waals surface area contributed by atoms with Crippen LogP contribution in [0.5, 0.6) is 0 Å². The highest BCUT2D eigenvalue weighted by molar-refractivity contribution is 6.12. The Bertz CT molecular complexity index is 472. The van der Waals surface area contributed by atoms with Gasteiger partial charge in [-0.2, -0.15) is 5.32 Å². The summed E-state index contributed by atoms with van der Waals surface area (Å²) in [5.41, 5.74) is 5.67. The molecule has 1 atom stereocenters. The number of primary amides is 1. The molecule has 1 saturated heterocycles. The maximum atomic E-state index is 11.6. The summed E-state index contributed by atoms with van der Waals surface area (Å²) in [5.74, 6) is -2.60. The summed E-state index contributed by atoms with van der Waals surface area (Å²) in [6.07, 6.45) is 0. The van der Waals surface area contributed by atoms with Crippen LogP contribution in [-0.4, -0.2) is 24.4 Å². The minimum Gasteiger partial charge on any atom is -0.369 e. The lowest BCUT2D eigenvalue weighted by Gasteiger charge is -2.28. The van der Waals surface area contributed by atoms with Crippen LogP contribution in [0.2, 0.25) is 0 Å². The van der Waals surface area contributed by atoms with Crippen molar-refractivity contribution in [1.29, 1.82) is 0 Å². The van der Waals surface area contributed by atoms with Gasteiger partial charge in [-0.15, -0.1) is 0 Å². The van der Waals surface area contributed by atoms with Crippen molar-refractivity contribution in [2.24, 2.45) is 11.7 Å². The quantitative estimate of drug-likeness (QED) is 0.719. The number of anilines is 1. The summed E-state index contributed by atoms with van der Waals surface area (Å²) in [6.45, 7) is -0.0550. The van der Waals surface area contributed by atoms with Crippen LogP contribution in [0.1, 0.15) is 0 Å². The second kappa shape index (κ2) is 4.25. The molecule has 1 fully saturated rings. The highest BCUT2D eigenvalue weighted by Crippen LogP contribution is 2.19. The first-order chi connectivity index (χ1) is 8.09. The molecular formula is C11H10N3O3. The Morgan fingerprint density at radius 1 is 1.29 bits per heavy atom. The molecule has 0 aromatic heterocycles. The van der Waals surface area contributed by atoms with Crippen LogP contribution in [0.15, 0.2) is 30.3 Å². The van der Waals surface area contributed by atoms with Crippen molar-refractivity contribution in [3.05, 3.63) is 30.3 Å². The second-order valence-electron chi connectivity index (χ2n) is 3.63. The fraction of sp³-hybridized carbons (Fsp3) is 0.182. The lowest BCUT2D eigenvalue weighted by atomic mass is 10.1. The zero-order chi connectivity index (χ0) is 12.4. The monoisotopic (exact) mass is 232 g/mol. The van der Waals surface area contributed by atoms with Crippen LogP contribution in [0, 0.1) is 5.92 Å². The summed E-state index contributed by atoms with van der Waals surface area (Å²) in [5, 5.41) is 3.29. The van der Waals surface area contributed by atoms with Gasteiger partial charge in [0.2, 0.25) is 5.91 Å². The number of urea groups is 1. The van der Waals surface area contributed by atoms with Crippen molar-refractivity contribution in [3.63, 3.8) is 0 Å². The van der Waals surface area contributed by atoms with E-state index in [4.69, 9.17) is 5.73 Å². The maximum Gasteiger partial charge on any atom is 0.351 e. The smallest absolute Gasteiger partial charge is 0.351 e. The Morgan fingerprint density at radius 3 is 2.53 bits per heavy atom. The lowest BCUT2D eigenvalue weighted by molar-refractivity contribution is -0.133. The third-order valence-electron chi connectivity index (χ3n) is 2.51. The van der Waals surface area contributed by atoms with Gasteiger partial charge in [0.15, 0.2) is 0 Å². The van der Waals surface area contributed by atoms with Gasteiger partial charge in [0, 0.05) is 12.2 Å². The fourth-order valence-corrected chi connectivity index (χ4v) is 1.61. The van der Waals surface area contributed by atoms with E-state index in [-0.39, 0.29) is 6.54 Å². The van der Waals surface area contributed by atoms with Gasteiger partial charge in [-0.25, -0.2) is 4.79 Å². The Morgan fingerprint density at radius 2 is 1.94 bits per heavy atom. The number of carbonyl (C=O) groups is 3. The van der Waals surface area contributed by atoms with E-state index in [1.807, 2.05) is 0 Å². The van der Waals surface area contributed by atoms with Gasteiger partial charge in [-0.05, 0) is 12.1 Å². The second-order valence-corrected chi connectivity index (χ2v) is 3.63. The van der Waals surface area contributed by atoms with Crippen molar-refractivity contribution in [2.75, 3.05) is 11.4 Å². The van der Waals surface area contributed by atoms with E-state index in [2.05, 4.69) is 5.32 Å². The van der Waals surface area contributed by atoms with Crippen LogP contribution >= 0.6 is 0 Å². The number of nitrogens with two attached hydrogens (primary N) is 1. The molecule has 1 aliphatic heterocycles. The number of nitrogens with zero attached hydrogens (tertiary/aromatic N) is 2. The van der Waals surface area contributed by atoms with Crippen LogP contribution in [-0.2, 0) is 9.59 Å². The maximum absolute atomic E-state index is 11.6. The van der Waals surface area contributed by atoms with E-state index in [9.17, 15) is 14.4 Å². The third-order valence-corrected chi connectivity index (χ3v) is 2.51. The first-order valence-corrected chi connectivity index (χ1v) is 5.01. The van der Waals surface area contributed by atoms with Crippen LogP contribution in [0.25, 0.3) is 0 Å². The molecule has 17 heavy (non-hydrogen) atoms. The number of rotatable bonds is 2. The minimum absolute atomic E-state index is 0.0550. The molecule has 0 saturated carbocycles. The summed E-state index contributed by atoms with van der Waals surface area (Å²) < 4.78 is 0. The van der Waals surface area contributed by atoms with Gasteiger partial charge in [0.1, 0.15) is 5.92 Å². The molecule has 0 spiro atoms. The summed E-state index contributed by atoms with van der Waals surface area (Å²) in [6, 6.07) is 8.02. The first kappa shape index (κ1) is 11.1. The Balaban J connectivity index is 2.27. The minimum atomic E-state index is -1.06. The fourth-order valence-electron chi connectivity index (χ4n) is 1.61. The molecule has 1 unspecified atom stereocenters. The van der Waals surface area contributed by atoms with Crippen molar-refractivity contribution >= 4 is 23.5 Å². The molecule has 1 aromatic rings. The molecular weight excluding hydrogens is 222 g/mol. The largest absolute Gasteiger partial charge is 0.369 e. The highest BCUT2D eigenvalue weighted by Gasteiger charge is 2.37. The third kappa shape index (κ3) is 2.10.